The van der Waals surface area contributed by atoms with Crippen LogP contribution < -0.4 is 5.32 Å². The molecule has 1 aromatic carbocycles. The number of carbonyl (C=O) groups excluding carboxylic acids is 1. The third-order valence-corrected chi connectivity index (χ3v) is 6.39. The van der Waals surface area contributed by atoms with E-state index in [1.807, 2.05) is 6.07 Å². The van der Waals surface area contributed by atoms with E-state index in [9.17, 15) is 13.2 Å². The van der Waals surface area contributed by atoms with Crippen molar-refractivity contribution >= 4 is 54.6 Å². The van der Waals surface area contributed by atoms with E-state index in [1.54, 1.807) is 12.1 Å². The molecule has 1 fully saturated rings. The summed E-state index contributed by atoms with van der Waals surface area (Å²) in [6, 6.07) is 5.41. The van der Waals surface area contributed by atoms with Crippen molar-refractivity contribution in [2.24, 2.45) is 5.92 Å². The third kappa shape index (κ3) is 3.36. The molecular formula is C13H13ClN2O3S2. The molecule has 112 valence electrons. The number of carbonyl (C=O) groups is 1. The average molecular weight is 345 g/mol. The molecule has 3 rings (SSSR count). The summed E-state index contributed by atoms with van der Waals surface area (Å²) < 4.78 is 24.1. The molecule has 1 aromatic heterocycles. The number of nitrogens with zero attached hydrogens (tertiary/aromatic N) is 1. The van der Waals surface area contributed by atoms with Crippen molar-refractivity contribution in [1.29, 1.82) is 0 Å². The third-order valence-electron chi connectivity index (χ3n) is 3.56. The van der Waals surface area contributed by atoms with Crippen molar-refractivity contribution in [3.63, 3.8) is 0 Å². The summed E-state index contributed by atoms with van der Waals surface area (Å²) in [6.07, 6.45) is 0.783. The summed E-state index contributed by atoms with van der Waals surface area (Å²) in [5.41, 5.74) is 1.48. The molecule has 2 heterocycles. The molecule has 1 saturated heterocycles. The van der Waals surface area contributed by atoms with Crippen molar-refractivity contribution < 1.29 is 13.2 Å². The first-order chi connectivity index (χ1) is 9.93. The van der Waals surface area contributed by atoms with E-state index < -0.39 is 9.84 Å². The van der Waals surface area contributed by atoms with E-state index in [1.165, 1.54) is 11.3 Å². The molecule has 0 spiro atoms. The summed E-state index contributed by atoms with van der Waals surface area (Å²) in [5, 5.41) is 2.84. The van der Waals surface area contributed by atoms with Crippen LogP contribution in [0.3, 0.4) is 0 Å². The van der Waals surface area contributed by atoms with E-state index in [0.717, 1.165) is 10.2 Å². The Balaban J connectivity index is 1.71. The zero-order valence-corrected chi connectivity index (χ0v) is 13.4. The van der Waals surface area contributed by atoms with Crippen LogP contribution in [0.15, 0.2) is 18.2 Å². The highest BCUT2D eigenvalue weighted by Crippen LogP contribution is 2.28. The smallest absolute Gasteiger partial charge is 0.227 e. The minimum absolute atomic E-state index is 0.0918. The van der Waals surface area contributed by atoms with Gasteiger partial charge >= 0.3 is 0 Å². The Kier molecular flexibility index (Phi) is 3.90. The normalized spacial score (nSPS) is 18.7. The fraction of sp³-hybridized carbons (Fsp3) is 0.385. The Morgan fingerprint density at radius 3 is 2.76 bits per heavy atom. The molecule has 1 N–H and O–H groups in total. The lowest BCUT2D eigenvalue weighted by Gasteiger charge is -2.21. The molecule has 2 aromatic rings. The van der Waals surface area contributed by atoms with Gasteiger partial charge in [0.25, 0.3) is 0 Å². The number of hydrogen-bond donors (Lipinski definition) is 1. The summed E-state index contributed by atoms with van der Waals surface area (Å²) in [7, 11) is -2.95. The predicted molar refractivity (Wildman–Crippen MR) is 84.6 cm³/mol. The van der Waals surface area contributed by atoms with Gasteiger partial charge in [-0.15, -0.1) is 11.3 Å². The molecule has 1 aliphatic rings. The van der Waals surface area contributed by atoms with Gasteiger partial charge in [0.05, 0.1) is 21.7 Å². The average Bonchev–Trinajstić information content (AvgIpc) is 2.78. The van der Waals surface area contributed by atoms with Crippen molar-refractivity contribution in [1.82, 2.24) is 4.98 Å². The molecule has 0 saturated carbocycles. The van der Waals surface area contributed by atoms with E-state index in [2.05, 4.69) is 10.3 Å². The van der Waals surface area contributed by atoms with E-state index in [-0.39, 0.29) is 23.3 Å². The lowest BCUT2D eigenvalue weighted by molar-refractivity contribution is -0.120. The number of amides is 1. The van der Waals surface area contributed by atoms with E-state index in [0.29, 0.717) is 23.0 Å². The minimum Gasteiger partial charge on any atom is -0.326 e. The Morgan fingerprint density at radius 1 is 1.33 bits per heavy atom. The maximum Gasteiger partial charge on any atom is 0.227 e. The van der Waals surface area contributed by atoms with Gasteiger partial charge in [0, 0.05) is 11.6 Å². The zero-order valence-electron chi connectivity index (χ0n) is 11.0. The monoisotopic (exact) mass is 344 g/mol. The highest BCUT2D eigenvalue weighted by molar-refractivity contribution is 7.91. The van der Waals surface area contributed by atoms with Crippen molar-refractivity contribution in [2.75, 3.05) is 16.8 Å². The standard InChI is InChI=1S/C13H13ClN2O3S2/c14-13-16-10-2-1-9(7-11(10)20-13)15-12(17)8-3-5-21(18,19)6-4-8/h1-2,7-8H,3-6H2,(H,15,17). The van der Waals surface area contributed by atoms with Gasteiger partial charge in [0.15, 0.2) is 4.47 Å². The quantitative estimate of drug-likeness (QED) is 0.908. The Bertz CT molecular complexity index is 787. The first kappa shape index (κ1) is 14.7. The first-order valence-electron chi connectivity index (χ1n) is 6.50. The molecule has 0 radical (unpaired) electrons. The predicted octanol–water partition coefficient (Wildman–Crippen LogP) is 2.71. The number of hydrogen-bond acceptors (Lipinski definition) is 5. The fourth-order valence-electron chi connectivity index (χ4n) is 2.37. The van der Waals surface area contributed by atoms with Gasteiger partial charge in [-0.05, 0) is 31.0 Å². The van der Waals surface area contributed by atoms with Gasteiger partial charge in [-0.25, -0.2) is 13.4 Å². The molecule has 1 amide bonds. The highest BCUT2D eigenvalue weighted by atomic mass is 35.5. The van der Waals surface area contributed by atoms with Gasteiger partial charge in [0.1, 0.15) is 9.84 Å². The Morgan fingerprint density at radius 2 is 2.05 bits per heavy atom. The van der Waals surface area contributed by atoms with Crippen LogP contribution >= 0.6 is 22.9 Å². The van der Waals surface area contributed by atoms with Crippen LogP contribution in [0.25, 0.3) is 10.2 Å². The number of halogens is 1. The Hall–Kier alpha value is -1.18. The minimum atomic E-state index is -2.95. The van der Waals surface area contributed by atoms with Gasteiger partial charge in [0.2, 0.25) is 5.91 Å². The highest BCUT2D eigenvalue weighted by Gasteiger charge is 2.28. The van der Waals surface area contributed by atoms with Crippen LogP contribution in [-0.2, 0) is 14.6 Å². The molecule has 8 heteroatoms. The first-order valence-corrected chi connectivity index (χ1v) is 9.52. The number of sulfone groups is 1. The molecular weight excluding hydrogens is 332 g/mol. The van der Waals surface area contributed by atoms with Crippen LogP contribution in [0.2, 0.25) is 4.47 Å². The maximum atomic E-state index is 12.2. The number of aromatic nitrogens is 1. The maximum absolute atomic E-state index is 12.2. The zero-order chi connectivity index (χ0) is 15.0. The largest absolute Gasteiger partial charge is 0.326 e. The van der Waals surface area contributed by atoms with Crippen molar-refractivity contribution in [2.45, 2.75) is 12.8 Å². The molecule has 5 nitrogen and oxygen atoms in total. The molecule has 0 bridgehead atoms. The summed E-state index contributed by atoms with van der Waals surface area (Å²) >= 11 is 7.21. The second kappa shape index (κ2) is 5.55. The van der Waals surface area contributed by atoms with Crippen LogP contribution in [0.1, 0.15) is 12.8 Å². The van der Waals surface area contributed by atoms with Crippen molar-refractivity contribution in [3.05, 3.63) is 22.7 Å². The lowest BCUT2D eigenvalue weighted by atomic mass is 10.0. The SMILES string of the molecule is O=C(Nc1ccc2nc(Cl)sc2c1)C1CCS(=O)(=O)CC1. The summed E-state index contributed by atoms with van der Waals surface area (Å²) in [6.45, 7) is 0. The second-order valence-electron chi connectivity index (χ2n) is 5.06. The molecule has 0 atom stereocenters. The van der Waals surface area contributed by atoms with Crippen molar-refractivity contribution in [3.8, 4) is 0 Å². The van der Waals surface area contributed by atoms with Gasteiger partial charge in [-0.3, -0.25) is 4.79 Å². The number of nitrogens with one attached hydrogen (secondary N) is 1. The van der Waals surface area contributed by atoms with Gasteiger partial charge in [-0.2, -0.15) is 0 Å². The fourth-order valence-corrected chi connectivity index (χ4v) is 4.93. The number of thiazole rings is 1. The number of benzene rings is 1. The summed E-state index contributed by atoms with van der Waals surface area (Å²) in [4.78, 5) is 16.3. The number of rotatable bonds is 2. The number of anilines is 1. The molecule has 0 aliphatic carbocycles. The topological polar surface area (TPSA) is 76.1 Å². The Labute approximate surface area is 131 Å². The summed E-state index contributed by atoms with van der Waals surface area (Å²) in [5.74, 6) is -0.183. The van der Waals surface area contributed by atoms with Crippen LogP contribution in [0.5, 0.6) is 0 Å². The van der Waals surface area contributed by atoms with Crippen LogP contribution in [0.4, 0.5) is 5.69 Å². The molecule has 21 heavy (non-hydrogen) atoms. The second-order valence-corrected chi connectivity index (χ2v) is 8.98. The van der Waals surface area contributed by atoms with E-state index >= 15 is 0 Å². The van der Waals surface area contributed by atoms with Crippen LogP contribution in [-0.4, -0.2) is 30.8 Å². The molecule has 0 unspecified atom stereocenters. The van der Waals surface area contributed by atoms with Gasteiger partial charge in [-0.1, -0.05) is 11.6 Å². The van der Waals surface area contributed by atoms with E-state index in [4.69, 9.17) is 11.6 Å². The molecule has 1 aliphatic heterocycles. The van der Waals surface area contributed by atoms with Gasteiger partial charge < -0.3 is 5.32 Å². The van der Waals surface area contributed by atoms with Crippen LogP contribution in [0, 0.1) is 5.92 Å². The number of fused-ring (bicyclic) bond motifs is 1. The lowest BCUT2D eigenvalue weighted by Crippen LogP contribution is -2.31.